The lowest BCUT2D eigenvalue weighted by Crippen LogP contribution is -2.30. The first-order valence-corrected chi connectivity index (χ1v) is 6.30. The highest BCUT2D eigenvalue weighted by Gasteiger charge is 2.21. The van der Waals surface area contributed by atoms with Crippen LogP contribution in [0, 0.1) is 0 Å². The smallest absolute Gasteiger partial charge is 0.374 e. The zero-order valence-corrected chi connectivity index (χ0v) is 11.7. The summed E-state index contributed by atoms with van der Waals surface area (Å²) in [5.74, 6) is -0.579. The number of hydrogen-bond acceptors (Lipinski definition) is 5. The van der Waals surface area contributed by atoms with Gasteiger partial charge in [-0.05, 0) is 31.2 Å². The van der Waals surface area contributed by atoms with Gasteiger partial charge in [0.25, 0.3) is 5.91 Å². The molecule has 1 atom stereocenters. The molecular formula is C15H15NO5. The summed E-state index contributed by atoms with van der Waals surface area (Å²) < 4.78 is 15.0. The predicted molar refractivity (Wildman–Crippen MR) is 75.2 cm³/mol. The number of rotatable bonds is 5. The third-order valence-corrected chi connectivity index (χ3v) is 2.74. The molecule has 0 unspecified atom stereocenters. The van der Waals surface area contributed by atoms with Crippen LogP contribution in [-0.2, 0) is 9.53 Å². The molecule has 0 spiro atoms. The largest absolute Gasteiger partial charge is 0.495 e. The monoisotopic (exact) mass is 289 g/mol. The van der Waals surface area contributed by atoms with Gasteiger partial charge in [0.05, 0.1) is 19.1 Å². The molecule has 110 valence electrons. The Hall–Kier alpha value is -2.76. The predicted octanol–water partition coefficient (Wildman–Crippen LogP) is 2.47. The van der Waals surface area contributed by atoms with Crippen LogP contribution in [0.15, 0.2) is 47.1 Å². The Kier molecular flexibility index (Phi) is 4.61. The molecule has 0 saturated heterocycles. The molecule has 21 heavy (non-hydrogen) atoms. The average Bonchev–Trinajstić information content (AvgIpc) is 3.02. The molecule has 2 rings (SSSR count). The maximum Gasteiger partial charge on any atom is 0.374 e. The van der Waals surface area contributed by atoms with Gasteiger partial charge >= 0.3 is 5.97 Å². The van der Waals surface area contributed by atoms with Crippen molar-refractivity contribution in [2.75, 3.05) is 12.4 Å². The molecule has 0 aliphatic carbocycles. The highest BCUT2D eigenvalue weighted by molar-refractivity contribution is 5.97. The minimum absolute atomic E-state index is 0.0481. The number of hydrogen-bond donors (Lipinski definition) is 1. The summed E-state index contributed by atoms with van der Waals surface area (Å²) in [4.78, 5) is 23.7. The fourth-order valence-electron chi connectivity index (χ4n) is 1.65. The molecule has 0 saturated carbocycles. The fraction of sp³-hybridized carbons (Fsp3) is 0.200. The van der Waals surface area contributed by atoms with E-state index in [0.29, 0.717) is 11.4 Å². The van der Waals surface area contributed by atoms with E-state index < -0.39 is 18.0 Å². The van der Waals surface area contributed by atoms with Crippen LogP contribution in [0.25, 0.3) is 0 Å². The minimum Gasteiger partial charge on any atom is -0.495 e. The number of furan rings is 1. The van der Waals surface area contributed by atoms with E-state index in [1.54, 1.807) is 30.3 Å². The first-order valence-electron chi connectivity index (χ1n) is 6.30. The van der Waals surface area contributed by atoms with Crippen molar-refractivity contribution < 1.29 is 23.5 Å². The van der Waals surface area contributed by atoms with E-state index in [1.807, 2.05) is 0 Å². The summed E-state index contributed by atoms with van der Waals surface area (Å²) in [6, 6.07) is 9.99. The third kappa shape index (κ3) is 3.62. The Bertz CT molecular complexity index is 621. The number of benzene rings is 1. The van der Waals surface area contributed by atoms with Crippen LogP contribution < -0.4 is 10.1 Å². The lowest BCUT2D eigenvalue weighted by atomic mass is 10.2. The van der Waals surface area contributed by atoms with Gasteiger partial charge in [0.1, 0.15) is 5.75 Å². The van der Waals surface area contributed by atoms with Gasteiger partial charge in [-0.15, -0.1) is 0 Å². The molecule has 1 amide bonds. The summed E-state index contributed by atoms with van der Waals surface area (Å²) in [6.45, 7) is 1.48. The molecule has 1 aromatic carbocycles. The van der Waals surface area contributed by atoms with Crippen LogP contribution in [0.3, 0.4) is 0 Å². The number of anilines is 1. The molecule has 0 aliphatic rings. The van der Waals surface area contributed by atoms with E-state index in [0.717, 1.165) is 0 Å². The molecule has 2 aromatic rings. The van der Waals surface area contributed by atoms with Gasteiger partial charge in [-0.3, -0.25) is 4.79 Å². The summed E-state index contributed by atoms with van der Waals surface area (Å²) >= 11 is 0. The quantitative estimate of drug-likeness (QED) is 0.855. The topological polar surface area (TPSA) is 77.8 Å². The number of carbonyl (C=O) groups is 2. The van der Waals surface area contributed by atoms with Crippen molar-refractivity contribution in [3.63, 3.8) is 0 Å². The Morgan fingerprint density at radius 1 is 1.19 bits per heavy atom. The summed E-state index contributed by atoms with van der Waals surface area (Å²) in [5.41, 5.74) is 0.505. The van der Waals surface area contributed by atoms with Gasteiger partial charge in [-0.1, -0.05) is 12.1 Å². The van der Waals surface area contributed by atoms with Crippen LogP contribution in [0.5, 0.6) is 5.75 Å². The average molecular weight is 289 g/mol. The zero-order chi connectivity index (χ0) is 15.2. The van der Waals surface area contributed by atoms with Crippen molar-refractivity contribution in [2.45, 2.75) is 13.0 Å². The maximum atomic E-state index is 12.0. The lowest BCUT2D eigenvalue weighted by Gasteiger charge is -2.14. The lowest BCUT2D eigenvalue weighted by molar-refractivity contribution is -0.123. The molecule has 1 N–H and O–H groups in total. The normalized spacial score (nSPS) is 11.5. The van der Waals surface area contributed by atoms with E-state index in [9.17, 15) is 9.59 Å². The highest BCUT2D eigenvalue weighted by atomic mass is 16.6. The van der Waals surface area contributed by atoms with Gasteiger partial charge in [0, 0.05) is 0 Å². The van der Waals surface area contributed by atoms with Crippen LogP contribution in [0.2, 0.25) is 0 Å². The van der Waals surface area contributed by atoms with E-state index in [4.69, 9.17) is 13.9 Å². The Labute approximate surface area is 121 Å². The third-order valence-electron chi connectivity index (χ3n) is 2.74. The number of amides is 1. The minimum atomic E-state index is -0.965. The van der Waals surface area contributed by atoms with Crippen molar-refractivity contribution in [1.29, 1.82) is 0 Å². The van der Waals surface area contributed by atoms with Gasteiger partial charge in [0.15, 0.2) is 6.10 Å². The van der Waals surface area contributed by atoms with E-state index >= 15 is 0 Å². The van der Waals surface area contributed by atoms with Gasteiger partial charge in [0.2, 0.25) is 5.76 Å². The number of carbonyl (C=O) groups excluding carboxylic acids is 2. The van der Waals surface area contributed by atoms with Crippen molar-refractivity contribution in [3.05, 3.63) is 48.4 Å². The van der Waals surface area contributed by atoms with Crippen molar-refractivity contribution in [2.24, 2.45) is 0 Å². The Morgan fingerprint density at radius 3 is 2.62 bits per heavy atom. The SMILES string of the molecule is COc1ccccc1NC(=O)[C@@H](C)OC(=O)c1ccco1. The number of para-hydroxylation sites is 2. The van der Waals surface area contributed by atoms with E-state index in [1.165, 1.54) is 26.4 Å². The summed E-state index contributed by atoms with van der Waals surface area (Å²) in [5, 5.41) is 2.64. The first kappa shape index (κ1) is 14.6. The first-order chi connectivity index (χ1) is 10.1. The molecule has 0 fully saturated rings. The highest BCUT2D eigenvalue weighted by Crippen LogP contribution is 2.23. The van der Waals surface area contributed by atoms with Crippen LogP contribution in [-0.4, -0.2) is 25.1 Å². The van der Waals surface area contributed by atoms with Crippen molar-refractivity contribution >= 4 is 17.6 Å². The number of ether oxygens (including phenoxy) is 2. The van der Waals surface area contributed by atoms with E-state index in [-0.39, 0.29) is 5.76 Å². The van der Waals surface area contributed by atoms with Crippen LogP contribution in [0.4, 0.5) is 5.69 Å². The summed E-state index contributed by atoms with van der Waals surface area (Å²) in [6.07, 6.45) is 0.392. The zero-order valence-electron chi connectivity index (χ0n) is 11.7. The van der Waals surface area contributed by atoms with E-state index in [2.05, 4.69) is 5.32 Å². The molecule has 0 bridgehead atoms. The van der Waals surface area contributed by atoms with Gasteiger partial charge < -0.3 is 19.2 Å². The Morgan fingerprint density at radius 2 is 1.95 bits per heavy atom. The maximum absolute atomic E-state index is 12.0. The Balaban J connectivity index is 1.98. The standard InChI is InChI=1S/C15H15NO5/c1-10(21-15(18)13-8-5-9-20-13)14(17)16-11-6-3-4-7-12(11)19-2/h3-10H,1-2H3,(H,16,17)/t10-/m1/s1. The van der Waals surface area contributed by atoms with Crippen molar-refractivity contribution in [1.82, 2.24) is 0 Å². The molecular weight excluding hydrogens is 274 g/mol. The number of nitrogens with one attached hydrogen (secondary N) is 1. The number of methoxy groups -OCH3 is 1. The molecule has 0 radical (unpaired) electrons. The van der Waals surface area contributed by atoms with Crippen LogP contribution in [0.1, 0.15) is 17.5 Å². The van der Waals surface area contributed by atoms with Crippen molar-refractivity contribution in [3.8, 4) is 5.75 Å². The number of esters is 1. The molecule has 6 nitrogen and oxygen atoms in total. The fourth-order valence-corrected chi connectivity index (χ4v) is 1.65. The second-order valence-electron chi connectivity index (χ2n) is 4.21. The van der Waals surface area contributed by atoms with Crippen LogP contribution >= 0.6 is 0 Å². The molecule has 6 heteroatoms. The second kappa shape index (κ2) is 6.60. The molecule has 1 aromatic heterocycles. The second-order valence-corrected chi connectivity index (χ2v) is 4.21. The van der Waals surface area contributed by atoms with Gasteiger partial charge in [-0.2, -0.15) is 0 Å². The summed E-state index contributed by atoms with van der Waals surface area (Å²) in [7, 11) is 1.51. The molecule has 1 heterocycles. The molecule has 0 aliphatic heterocycles. The van der Waals surface area contributed by atoms with Gasteiger partial charge in [-0.25, -0.2) is 4.79 Å².